The summed E-state index contributed by atoms with van der Waals surface area (Å²) in [4.78, 5) is 29.4. The highest BCUT2D eigenvalue weighted by atomic mass is 32.2. The fourth-order valence-corrected chi connectivity index (χ4v) is 5.59. The van der Waals surface area contributed by atoms with Crippen molar-refractivity contribution in [3.8, 4) is 5.69 Å². The number of imidazole rings is 1. The number of rotatable bonds is 6. The lowest BCUT2D eigenvalue weighted by Gasteiger charge is -2.07. The number of aromatic nitrogens is 4. The number of thioether (sulfide) groups is 1. The van der Waals surface area contributed by atoms with Crippen LogP contribution in [0.4, 0.5) is 5.69 Å². The van der Waals surface area contributed by atoms with Gasteiger partial charge in [-0.25, -0.2) is 9.48 Å². The van der Waals surface area contributed by atoms with Gasteiger partial charge < -0.3 is 15.3 Å². The van der Waals surface area contributed by atoms with Crippen LogP contribution in [0.25, 0.3) is 16.7 Å². The molecule has 0 aliphatic heterocycles. The zero-order valence-electron chi connectivity index (χ0n) is 17.1. The average molecular weight is 492 g/mol. The largest absolute Gasteiger partial charge is 0.323 e. The smallest absolute Gasteiger partial charge is 0.322 e. The number of hydrogen-bond acceptors (Lipinski definition) is 6. The number of fused-ring (bicyclic) bond motifs is 1. The summed E-state index contributed by atoms with van der Waals surface area (Å²) in [5, 5.41) is 7.48. The molecule has 0 fully saturated rings. The lowest BCUT2D eigenvalue weighted by Crippen LogP contribution is -2.12. The molecular weight excluding hydrogens is 474 g/mol. The van der Waals surface area contributed by atoms with Gasteiger partial charge in [-0.1, -0.05) is 53.4 Å². The number of amides is 1. The van der Waals surface area contributed by atoms with E-state index in [4.69, 9.17) is 12.2 Å². The minimum atomic E-state index is -0.286. The summed E-state index contributed by atoms with van der Waals surface area (Å²) in [6.45, 7) is 0. The normalized spacial score (nSPS) is 11.0. The van der Waals surface area contributed by atoms with Crippen LogP contribution < -0.4 is 11.0 Å². The first kappa shape index (κ1) is 21.4. The topological polar surface area (TPSA) is 95.6 Å². The lowest BCUT2D eigenvalue weighted by molar-refractivity contribution is 0.102. The second kappa shape index (κ2) is 9.18. The van der Waals surface area contributed by atoms with Gasteiger partial charge in [0.25, 0.3) is 5.91 Å². The molecule has 5 aromatic rings. The maximum atomic E-state index is 12.7. The fourth-order valence-electron chi connectivity index (χ4n) is 3.27. The predicted molar refractivity (Wildman–Crippen MR) is 135 cm³/mol. The van der Waals surface area contributed by atoms with Crippen molar-refractivity contribution in [1.82, 2.24) is 19.7 Å². The monoisotopic (exact) mass is 491 g/mol. The molecule has 5 rings (SSSR count). The molecule has 0 saturated carbocycles. The number of aromatic amines is 2. The van der Waals surface area contributed by atoms with Gasteiger partial charge in [-0.3, -0.25) is 4.79 Å². The van der Waals surface area contributed by atoms with Crippen molar-refractivity contribution in [3.63, 3.8) is 0 Å². The molecule has 2 aromatic heterocycles. The summed E-state index contributed by atoms with van der Waals surface area (Å²) in [6, 6.07) is 22.5. The van der Waals surface area contributed by atoms with E-state index in [1.54, 1.807) is 46.8 Å². The Morgan fingerprint density at radius 3 is 2.58 bits per heavy atom. The number of nitrogens with one attached hydrogen (secondary N) is 3. The van der Waals surface area contributed by atoms with Gasteiger partial charge in [0, 0.05) is 17.0 Å². The summed E-state index contributed by atoms with van der Waals surface area (Å²) >= 11 is 8.61. The molecule has 0 bridgehead atoms. The molecule has 0 saturated heterocycles. The van der Waals surface area contributed by atoms with Crippen LogP contribution in [0.3, 0.4) is 0 Å². The molecule has 2 heterocycles. The Labute approximate surface area is 201 Å². The molecule has 33 heavy (non-hydrogen) atoms. The molecule has 0 aliphatic carbocycles. The Hall–Kier alpha value is -3.47. The molecule has 0 aliphatic rings. The summed E-state index contributed by atoms with van der Waals surface area (Å²) in [6.07, 6.45) is 0. The number of hydrogen-bond donors (Lipinski definition) is 3. The molecule has 164 valence electrons. The van der Waals surface area contributed by atoms with Crippen molar-refractivity contribution in [3.05, 3.63) is 98.4 Å². The molecule has 3 aromatic carbocycles. The van der Waals surface area contributed by atoms with Gasteiger partial charge in [0.2, 0.25) is 0 Å². The quantitative estimate of drug-likeness (QED) is 0.219. The van der Waals surface area contributed by atoms with E-state index in [1.165, 1.54) is 16.9 Å². The van der Waals surface area contributed by atoms with Crippen LogP contribution in [0, 0.1) is 3.95 Å². The number of anilines is 1. The summed E-state index contributed by atoms with van der Waals surface area (Å²) in [7, 11) is 0. The third-order valence-corrected chi connectivity index (χ3v) is 7.32. The van der Waals surface area contributed by atoms with E-state index in [1.807, 2.05) is 30.3 Å². The zero-order valence-corrected chi connectivity index (χ0v) is 19.5. The number of carbonyl (C=O) groups excluding carboxylic acids is 1. The fraction of sp³-hybridized carbons (Fsp3) is 0.0435. The average Bonchev–Trinajstić information content (AvgIpc) is 3.39. The third-order valence-electron chi connectivity index (χ3n) is 4.88. The third kappa shape index (κ3) is 4.82. The van der Waals surface area contributed by atoms with Crippen molar-refractivity contribution < 1.29 is 4.79 Å². The van der Waals surface area contributed by atoms with Crippen LogP contribution in [0.1, 0.15) is 15.9 Å². The van der Waals surface area contributed by atoms with E-state index in [2.05, 4.69) is 32.5 Å². The van der Waals surface area contributed by atoms with Crippen LogP contribution in [0.15, 0.2) is 81.9 Å². The first-order chi connectivity index (χ1) is 16.0. The first-order valence-corrected chi connectivity index (χ1v) is 12.2. The summed E-state index contributed by atoms with van der Waals surface area (Å²) < 4.78 is 3.26. The summed E-state index contributed by atoms with van der Waals surface area (Å²) in [5.41, 5.74) is 4.15. The number of H-pyrrole nitrogens is 2. The second-order valence-corrected chi connectivity index (χ2v) is 10.0. The summed E-state index contributed by atoms with van der Waals surface area (Å²) in [5.74, 6) is 0.574. The Morgan fingerprint density at radius 1 is 1.03 bits per heavy atom. The molecule has 10 heteroatoms. The van der Waals surface area contributed by atoms with Gasteiger partial charge in [-0.05, 0) is 60.2 Å². The van der Waals surface area contributed by atoms with Gasteiger partial charge in [0.1, 0.15) is 0 Å². The van der Waals surface area contributed by atoms with Crippen molar-refractivity contribution in [2.75, 3.05) is 5.32 Å². The van der Waals surface area contributed by atoms with Gasteiger partial charge in [0.15, 0.2) is 8.29 Å². The van der Waals surface area contributed by atoms with E-state index >= 15 is 0 Å². The Balaban J connectivity index is 1.28. The number of nitrogens with zero attached hydrogens (tertiary/aromatic N) is 2. The van der Waals surface area contributed by atoms with Crippen molar-refractivity contribution >= 4 is 57.9 Å². The van der Waals surface area contributed by atoms with Crippen LogP contribution in [-0.4, -0.2) is 25.7 Å². The zero-order chi connectivity index (χ0) is 22.8. The molecule has 1 amide bonds. The van der Waals surface area contributed by atoms with E-state index in [0.29, 0.717) is 26.2 Å². The molecular formula is C23H17N5O2S3. The minimum absolute atomic E-state index is 0.250. The molecule has 0 radical (unpaired) electrons. The van der Waals surface area contributed by atoms with E-state index in [9.17, 15) is 9.59 Å². The maximum absolute atomic E-state index is 12.7. The van der Waals surface area contributed by atoms with Crippen LogP contribution in [-0.2, 0) is 5.75 Å². The van der Waals surface area contributed by atoms with Gasteiger partial charge >= 0.3 is 5.69 Å². The van der Waals surface area contributed by atoms with Crippen molar-refractivity contribution in [2.45, 2.75) is 10.1 Å². The minimum Gasteiger partial charge on any atom is -0.322 e. The molecule has 0 unspecified atom stereocenters. The van der Waals surface area contributed by atoms with E-state index < -0.39 is 0 Å². The predicted octanol–water partition coefficient (Wildman–Crippen LogP) is 5.38. The van der Waals surface area contributed by atoms with E-state index in [0.717, 1.165) is 15.8 Å². The highest BCUT2D eigenvalue weighted by Gasteiger charge is 2.10. The first-order valence-electron chi connectivity index (χ1n) is 9.96. The standard InChI is InChI=1S/C23H17N5O2S3/c29-20(24-16-8-11-18-19(12-16)26-21(30)25-18)15-6-9-17(10-7-15)28-23(31)33-22(27-28)32-13-14-4-2-1-3-5-14/h1-12H,13H2,(H,24,29)(H2,25,26,30). The highest BCUT2D eigenvalue weighted by molar-refractivity contribution is 8.00. The molecule has 3 N–H and O–H groups in total. The molecule has 7 nitrogen and oxygen atoms in total. The van der Waals surface area contributed by atoms with Crippen LogP contribution in [0.2, 0.25) is 0 Å². The number of carbonyl (C=O) groups is 1. The Morgan fingerprint density at radius 2 is 1.79 bits per heavy atom. The van der Waals surface area contributed by atoms with Crippen molar-refractivity contribution in [2.24, 2.45) is 0 Å². The highest BCUT2D eigenvalue weighted by Crippen LogP contribution is 2.27. The molecule has 0 spiro atoms. The van der Waals surface area contributed by atoms with Gasteiger partial charge in [-0.2, -0.15) is 0 Å². The van der Waals surface area contributed by atoms with Crippen molar-refractivity contribution in [1.29, 1.82) is 0 Å². The van der Waals surface area contributed by atoms with Crippen LogP contribution >= 0.6 is 35.3 Å². The number of benzene rings is 3. The SMILES string of the molecule is O=C(Nc1ccc2[nH]c(=O)[nH]c2c1)c1ccc(-n2nc(SCc3ccccc3)sc2=S)cc1. The molecule has 0 atom stereocenters. The second-order valence-electron chi connectivity index (χ2n) is 7.16. The maximum Gasteiger partial charge on any atom is 0.323 e. The Bertz CT molecular complexity index is 1550. The lowest BCUT2D eigenvalue weighted by atomic mass is 10.2. The van der Waals surface area contributed by atoms with Crippen LogP contribution in [0.5, 0.6) is 0 Å². The van der Waals surface area contributed by atoms with E-state index in [-0.39, 0.29) is 11.6 Å². The Kier molecular flexibility index (Phi) is 5.95. The van der Waals surface area contributed by atoms with Gasteiger partial charge in [-0.15, -0.1) is 5.10 Å². The van der Waals surface area contributed by atoms with Gasteiger partial charge in [0.05, 0.1) is 16.7 Å².